The zero-order chi connectivity index (χ0) is 33.2. The minimum Gasteiger partial charge on any atom is -0.480 e. The molecule has 0 heterocycles. The van der Waals surface area contributed by atoms with Crippen molar-refractivity contribution in [1.82, 2.24) is 4.90 Å². The van der Waals surface area contributed by atoms with E-state index in [-0.39, 0.29) is 0 Å². The number of nitrogens with two attached hydrogens (primary N) is 1. The Hall–Kier alpha value is -5.29. The van der Waals surface area contributed by atoms with Gasteiger partial charge in [-0.1, -0.05) is 188 Å². The molecule has 0 aliphatic carbocycles. The summed E-state index contributed by atoms with van der Waals surface area (Å²) in [4.78, 5) is 16.5. The zero-order valence-corrected chi connectivity index (χ0v) is 27.1. The van der Waals surface area contributed by atoms with Gasteiger partial charge in [-0.05, 0) is 52.8 Å². The molecule has 0 aliphatic rings. The molecule has 6 aromatic rings. The molecule has 0 amide bonds. The average Bonchev–Trinajstić information content (AvgIpc) is 3.16. The van der Waals surface area contributed by atoms with Crippen LogP contribution in [0.2, 0.25) is 0 Å². The first-order valence-corrected chi connectivity index (χ1v) is 16.7. The Kier molecular flexibility index (Phi) is 10.3. The van der Waals surface area contributed by atoms with E-state index in [1.807, 2.05) is 109 Å². The van der Waals surface area contributed by atoms with Gasteiger partial charge >= 0.3 is 5.97 Å². The first-order valence-electron chi connectivity index (χ1n) is 16.7. The summed E-state index contributed by atoms with van der Waals surface area (Å²) < 4.78 is 0. The Labute approximate surface area is 284 Å². The van der Waals surface area contributed by atoms with Gasteiger partial charge in [0.2, 0.25) is 0 Å². The molecule has 0 radical (unpaired) electrons. The van der Waals surface area contributed by atoms with Crippen LogP contribution in [0.5, 0.6) is 0 Å². The first-order chi connectivity index (χ1) is 23.6. The first kappa shape index (κ1) is 32.6. The topological polar surface area (TPSA) is 66.6 Å². The molecule has 240 valence electrons. The van der Waals surface area contributed by atoms with Crippen LogP contribution in [0.25, 0.3) is 0 Å². The Morgan fingerprint density at radius 3 is 0.938 bits per heavy atom. The van der Waals surface area contributed by atoms with E-state index in [0.29, 0.717) is 19.4 Å². The predicted molar refractivity (Wildman–Crippen MR) is 195 cm³/mol. The maximum absolute atomic E-state index is 14.1. The fourth-order valence-corrected chi connectivity index (χ4v) is 7.47. The summed E-state index contributed by atoms with van der Waals surface area (Å²) >= 11 is 0. The average molecular weight is 631 g/mol. The van der Waals surface area contributed by atoms with Crippen molar-refractivity contribution >= 4 is 5.97 Å². The lowest BCUT2D eigenvalue weighted by Crippen LogP contribution is -2.65. The molecule has 4 nitrogen and oxygen atoms in total. The zero-order valence-electron chi connectivity index (χ0n) is 27.1. The number of benzene rings is 6. The van der Waals surface area contributed by atoms with E-state index in [1.165, 1.54) is 0 Å². The molecule has 1 atom stereocenters. The summed E-state index contributed by atoms with van der Waals surface area (Å²) in [6.45, 7) is 0.495. The quantitative estimate of drug-likeness (QED) is 0.0932. The highest BCUT2D eigenvalue weighted by atomic mass is 16.4. The molecule has 0 spiro atoms. The number of aliphatic carboxylic acids is 1. The summed E-state index contributed by atoms with van der Waals surface area (Å²) in [5.74, 6) is -0.883. The molecule has 0 fully saturated rings. The lowest BCUT2D eigenvalue weighted by Gasteiger charge is -2.58. The second-order valence-electron chi connectivity index (χ2n) is 12.1. The summed E-state index contributed by atoms with van der Waals surface area (Å²) in [6.07, 6.45) is 1.78. The van der Waals surface area contributed by atoms with Crippen LogP contribution in [-0.4, -0.2) is 28.6 Å². The van der Waals surface area contributed by atoms with Gasteiger partial charge in [-0.3, -0.25) is 9.69 Å². The third kappa shape index (κ3) is 5.97. The van der Waals surface area contributed by atoms with E-state index in [0.717, 1.165) is 39.8 Å². The van der Waals surface area contributed by atoms with E-state index in [1.54, 1.807) is 0 Å². The maximum atomic E-state index is 14.1. The van der Waals surface area contributed by atoms with Crippen molar-refractivity contribution in [3.05, 3.63) is 215 Å². The Morgan fingerprint density at radius 1 is 0.479 bits per heavy atom. The van der Waals surface area contributed by atoms with Gasteiger partial charge in [0, 0.05) is 0 Å². The molecule has 0 saturated heterocycles. The monoisotopic (exact) mass is 630 g/mol. The molecule has 1 unspecified atom stereocenters. The standard InChI is InChI=1S/C44H42N2O2/c45-34-20-19-33-41(42(47)48)46(43(35-21-7-1-8-22-35,36-23-9-2-10-24-36)37-25-11-3-12-26-37)44(38-27-13-4-14-28-38,39-29-15-5-16-30-39)40-31-17-6-18-32-40/h1-18,21-32,41H,19-20,33-34,45H2,(H,47,48). The highest BCUT2D eigenvalue weighted by molar-refractivity contribution is 5.75. The van der Waals surface area contributed by atoms with Crippen LogP contribution in [0.3, 0.4) is 0 Å². The Bertz CT molecular complexity index is 1530. The molecular formula is C44H42N2O2. The van der Waals surface area contributed by atoms with Crippen molar-refractivity contribution in [2.75, 3.05) is 6.54 Å². The van der Waals surface area contributed by atoms with Gasteiger partial charge in [-0.2, -0.15) is 0 Å². The smallest absolute Gasteiger partial charge is 0.321 e. The summed E-state index contributed by atoms with van der Waals surface area (Å²) in [5, 5.41) is 11.6. The van der Waals surface area contributed by atoms with Crippen LogP contribution in [0.1, 0.15) is 52.6 Å². The van der Waals surface area contributed by atoms with Crippen molar-refractivity contribution in [3.8, 4) is 0 Å². The van der Waals surface area contributed by atoms with Crippen LogP contribution < -0.4 is 5.73 Å². The number of carbonyl (C=O) groups is 1. The second-order valence-corrected chi connectivity index (χ2v) is 12.1. The van der Waals surface area contributed by atoms with Gasteiger partial charge in [0.05, 0.1) is 11.1 Å². The van der Waals surface area contributed by atoms with E-state index >= 15 is 0 Å². The molecule has 0 aliphatic heterocycles. The van der Waals surface area contributed by atoms with Crippen molar-refractivity contribution in [2.24, 2.45) is 5.73 Å². The van der Waals surface area contributed by atoms with Crippen LogP contribution in [0.4, 0.5) is 0 Å². The second kappa shape index (κ2) is 15.1. The minimum atomic E-state index is -1.09. The number of carboxylic acids is 1. The minimum absolute atomic E-state index is 0.398. The molecule has 6 rings (SSSR count). The van der Waals surface area contributed by atoms with E-state index in [9.17, 15) is 9.90 Å². The number of hydrogen-bond acceptors (Lipinski definition) is 3. The lowest BCUT2D eigenvalue weighted by atomic mass is 9.66. The van der Waals surface area contributed by atoms with Gasteiger partial charge in [-0.25, -0.2) is 0 Å². The van der Waals surface area contributed by atoms with Crippen molar-refractivity contribution in [3.63, 3.8) is 0 Å². The molecule has 0 aromatic heterocycles. The van der Waals surface area contributed by atoms with Gasteiger partial charge in [0.1, 0.15) is 6.04 Å². The SMILES string of the molecule is NCCCCC(C(=O)O)N(C(c1ccccc1)(c1ccccc1)c1ccccc1)C(c1ccccc1)(c1ccccc1)c1ccccc1. The summed E-state index contributed by atoms with van der Waals surface area (Å²) in [5.41, 5.74) is 9.68. The number of nitrogens with zero attached hydrogens (tertiary/aromatic N) is 1. The van der Waals surface area contributed by atoms with Crippen molar-refractivity contribution < 1.29 is 9.90 Å². The number of rotatable bonds is 14. The van der Waals surface area contributed by atoms with Crippen LogP contribution >= 0.6 is 0 Å². The number of unbranched alkanes of at least 4 members (excludes halogenated alkanes) is 1. The van der Waals surface area contributed by atoms with Gasteiger partial charge in [0.25, 0.3) is 0 Å². The number of carboxylic acid groups (broad SMARTS) is 1. The van der Waals surface area contributed by atoms with Gasteiger partial charge in [0.15, 0.2) is 0 Å². The van der Waals surface area contributed by atoms with E-state index < -0.39 is 23.1 Å². The molecule has 0 bridgehead atoms. The summed E-state index contributed by atoms with van der Waals surface area (Å²) in [7, 11) is 0. The third-order valence-corrected chi connectivity index (χ3v) is 9.40. The van der Waals surface area contributed by atoms with Crippen LogP contribution in [0.15, 0.2) is 182 Å². The van der Waals surface area contributed by atoms with E-state index in [2.05, 4.69) is 77.7 Å². The molecular weight excluding hydrogens is 588 g/mol. The van der Waals surface area contributed by atoms with Gasteiger partial charge in [-0.15, -0.1) is 0 Å². The molecule has 4 heteroatoms. The normalized spacial score (nSPS) is 12.5. The Balaban J connectivity index is 1.90. The van der Waals surface area contributed by atoms with Crippen LogP contribution in [-0.2, 0) is 15.9 Å². The summed E-state index contributed by atoms with van der Waals surface area (Å²) in [6, 6.07) is 61.4. The highest BCUT2D eigenvalue weighted by Gasteiger charge is 2.58. The molecule has 0 saturated carbocycles. The fraction of sp³-hybridized carbons (Fsp3) is 0.159. The fourth-order valence-electron chi connectivity index (χ4n) is 7.47. The maximum Gasteiger partial charge on any atom is 0.321 e. The molecule has 48 heavy (non-hydrogen) atoms. The molecule has 6 aromatic carbocycles. The molecule has 3 N–H and O–H groups in total. The number of hydrogen-bond donors (Lipinski definition) is 2. The van der Waals surface area contributed by atoms with E-state index in [4.69, 9.17) is 5.73 Å². The lowest BCUT2D eigenvalue weighted by molar-refractivity contribution is -0.149. The van der Waals surface area contributed by atoms with Gasteiger partial charge < -0.3 is 10.8 Å². The third-order valence-electron chi connectivity index (χ3n) is 9.40. The predicted octanol–water partition coefficient (Wildman–Crippen LogP) is 8.85. The largest absolute Gasteiger partial charge is 0.480 e. The Morgan fingerprint density at radius 2 is 0.729 bits per heavy atom. The van der Waals surface area contributed by atoms with Crippen LogP contribution in [0, 0.1) is 0 Å². The highest BCUT2D eigenvalue weighted by Crippen LogP contribution is 2.55. The van der Waals surface area contributed by atoms with Crippen molar-refractivity contribution in [1.29, 1.82) is 0 Å². The van der Waals surface area contributed by atoms with Crippen molar-refractivity contribution in [2.45, 2.75) is 36.4 Å².